The maximum atomic E-state index is 11.2. The van der Waals surface area contributed by atoms with Crippen molar-refractivity contribution in [1.29, 1.82) is 0 Å². The summed E-state index contributed by atoms with van der Waals surface area (Å²) in [7, 11) is 3.14. The smallest absolute Gasteiger partial charge is 0.426 e. The SMILES string of the molecule is CN(C)C(=O)CNC(=O)NNC(=O)OC(C)(C)C. The zero-order valence-electron chi connectivity index (χ0n) is 11.3. The Kier molecular flexibility index (Phi) is 5.94. The van der Waals surface area contributed by atoms with Crippen LogP contribution >= 0.6 is 0 Å². The van der Waals surface area contributed by atoms with Gasteiger partial charge >= 0.3 is 12.1 Å². The van der Waals surface area contributed by atoms with Gasteiger partial charge in [-0.1, -0.05) is 0 Å². The average Bonchev–Trinajstić information content (AvgIpc) is 2.20. The highest BCUT2D eigenvalue weighted by molar-refractivity contribution is 5.84. The van der Waals surface area contributed by atoms with Gasteiger partial charge in [-0.2, -0.15) is 0 Å². The number of nitrogens with zero attached hydrogens (tertiary/aromatic N) is 1. The number of ether oxygens (including phenoxy) is 1. The molecule has 8 heteroatoms. The van der Waals surface area contributed by atoms with Crippen molar-refractivity contribution < 1.29 is 19.1 Å². The number of carbonyl (C=O) groups is 3. The first-order chi connectivity index (χ1) is 8.11. The number of nitrogens with one attached hydrogen (secondary N) is 3. The van der Waals surface area contributed by atoms with Gasteiger partial charge in [0, 0.05) is 14.1 Å². The monoisotopic (exact) mass is 260 g/mol. The maximum Gasteiger partial charge on any atom is 0.426 e. The molecule has 0 aromatic heterocycles. The lowest BCUT2D eigenvalue weighted by atomic mass is 10.2. The summed E-state index contributed by atoms with van der Waals surface area (Å²) < 4.78 is 4.88. The van der Waals surface area contributed by atoms with E-state index in [2.05, 4.69) is 10.7 Å². The lowest BCUT2D eigenvalue weighted by Gasteiger charge is -2.19. The van der Waals surface area contributed by atoms with E-state index in [-0.39, 0.29) is 12.5 Å². The van der Waals surface area contributed by atoms with Gasteiger partial charge in [-0.25, -0.2) is 20.4 Å². The van der Waals surface area contributed by atoms with E-state index in [0.29, 0.717) is 0 Å². The van der Waals surface area contributed by atoms with Gasteiger partial charge in [-0.3, -0.25) is 4.79 Å². The summed E-state index contributed by atoms with van der Waals surface area (Å²) in [6, 6.07) is -0.698. The van der Waals surface area contributed by atoms with Gasteiger partial charge in [-0.15, -0.1) is 0 Å². The molecule has 0 aliphatic carbocycles. The van der Waals surface area contributed by atoms with Crippen LogP contribution in [0.3, 0.4) is 0 Å². The molecule has 104 valence electrons. The molecule has 0 radical (unpaired) electrons. The molecule has 0 atom stereocenters. The predicted molar refractivity (Wildman–Crippen MR) is 64.6 cm³/mol. The molecule has 0 fully saturated rings. The number of hydrogen-bond acceptors (Lipinski definition) is 4. The Labute approximate surface area is 106 Å². The first-order valence-electron chi connectivity index (χ1n) is 5.35. The van der Waals surface area contributed by atoms with E-state index in [1.54, 1.807) is 34.9 Å². The Balaban J connectivity index is 3.84. The molecule has 0 spiro atoms. The fourth-order valence-corrected chi connectivity index (χ4v) is 0.770. The number of rotatable bonds is 2. The van der Waals surface area contributed by atoms with E-state index in [1.807, 2.05) is 5.43 Å². The molecule has 0 aliphatic heterocycles. The number of urea groups is 1. The van der Waals surface area contributed by atoms with E-state index < -0.39 is 17.7 Å². The summed E-state index contributed by atoms with van der Waals surface area (Å²) >= 11 is 0. The second-order valence-corrected chi connectivity index (χ2v) is 4.72. The fraction of sp³-hybridized carbons (Fsp3) is 0.700. The van der Waals surface area contributed by atoms with Gasteiger partial charge in [0.05, 0.1) is 6.54 Å². The minimum atomic E-state index is -0.781. The van der Waals surface area contributed by atoms with Crippen LogP contribution in [-0.4, -0.2) is 49.2 Å². The van der Waals surface area contributed by atoms with Crippen LogP contribution in [0.4, 0.5) is 9.59 Å². The Morgan fingerprint density at radius 3 is 2.11 bits per heavy atom. The molecule has 0 aromatic rings. The van der Waals surface area contributed by atoms with Gasteiger partial charge < -0.3 is 15.0 Å². The van der Waals surface area contributed by atoms with Crippen LogP contribution in [0.2, 0.25) is 0 Å². The molecule has 0 saturated heterocycles. The summed E-state index contributed by atoms with van der Waals surface area (Å²) in [4.78, 5) is 34.8. The van der Waals surface area contributed by atoms with Crippen molar-refractivity contribution in [1.82, 2.24) is 21.1 Å². The van der Waals surface area contributed by atoms with E-state index >= 15 is 0 Å². The average molecular weight is 260 g/mol. The molecule has 8 nitrogen and oxygen atoms in total. The number of carbonyl (C=O) groups excluding carboxylic acids is 3. The normalized spacial score (nSPS) is 10.3. The number of hydrazine groups is 1. The second kappa shape index (κ2) is 6.67. The van der Waals surface area contributed by atoms with Crippen molar-refractivity contribution in [3.8, 4) is 0 Å². The summed E-state index contributed by atoms with van der Waals surface area (Å²) in [6.45, 7) is 4.93. The van der Waals surface area contributed by atoms with Crippen LogP contribution in [0.25, 0.3) is 0 Å². The van der Waals surface area contributed by atoms with E-state index in [1.165, 1.54) is 4.90 Å². The molecule has 0 aromatic carbocycles. The second-order valence-electron chi connectivity index (χ2n) is 4.72. The Morgan fingerprint density at radius 1 is 1.11 bits per heavy atom. The first-order valence-corrected chi connectivity index (χ1v) is 5.35. The highest BCUT2D eigenvalue weighted by Crippen LogP contribution is 2.05. The van der Waals surface area contributed by atoms with Crippen LogP contribution in [-0.2, 0) is 9.53 Å². The summed E-state index contributed by atoms with van der Waals surface area (Å²) in [5.41, 5.74) is 3.45. The lowest BCUT2D eigenvalue weighted by Crippen LogP contribution is -2.50. The van der Waals surface area contributed by atoms with Crippen molar-refractivity contribution in [2.45, 2.75) is 26.4 Å². The topological polar surface area (TPSA) is 99.8 Å². The molecule has 4 amide bonds. The summed E-state index contributed by atoms with van der Waals surface area (Å²) in [5.74, 6) is -0.262. The quantitative estimate of drug-likeness (QED) is 0.599. The summed E-state index contributed by atoms with van der Waals surface area (Å²) in [6.07, 6.45) is -0.781. The minimum Gasteiger partial charge on any atom is -0.443 e. The van der Waals surface area contributed by atoms with Gasteiger partial charge in [-0.05, 0) is 20.8 Å². The zero-order valence-corrected chi connectivity index (χ0v) is 11.3. The molecule has 0 rings (SSSR count). The van der Waals surface area contributed by atoms with Crippen molar-refractivity contribution >= 4 is 18.0 Å². The molecular weight excluding hydrogens is 240 g/mol. The van der Waals surface area contributed by atoms with Crippen LogP contribution < -0.4 is 16.2 Å². The molecule has 0 heterocycles. The van der Waals surface area contributed by atoms with Crippen molar-refractivity contribution in [3.63, 3.8) is 0 Å². The fourth-order valence-electron chi connectivity index (χ4n) is 0.770. The first kappa shape index (κ1) is 16.0. The molecule has 0 aliphatic rings. The lowest BCUT2D eigenvalue weighted by molar-refractivity contribution is -0.127. The van der Waals surface area contributed by atoms with E-state index in [0.717, 1.165) is 0 Å². The highest BCUT2D eigenvalue weighted by atomic mass is 16.6. The van der Waals surface area contributed by atoms with Crippen molar-refractivity contribution in [2.24, 2.45) is 0 Å². The van der Waals surface area contributed by atoms with Gasteiger partial charge in [0.25, 0.3) is 0 Å². The molecule has 0 unspecified atom stereocenters. The maximum absolute atomic E-state index is 11.2. The van der Waals surface area contributed by atoms with Crippen molar-refractivity contribution in [3.05, 3.63) is 0 Å². The highest BCUT2D eigenvalue weighted by Gasteiger charge is 2.16. The van der Waals surface area contributed by atoms with Crippen LogP contribution in [0.1, 0.15) is 20.8 Å². The van der Waals surface area contributed by atoms with E-state index in [9.17, 15) is 14.4 Å². The zero-order chi connectivity index (χ0) is 14.3. The molecule has 0 bridgehead atoms. The Hall–Kier alpha value is -1.99. The third kappa shape index (κ3) is 8.20. The Morgan fingerprint density at radius 2 is 1.67 bits per heavy atom. The van der Waals surface area contributed by atoms with Crippen LogP contribution in [0, 0.1) is 0 Å². The molecule has 3 N–H and O–H groups in total. The predicted octanol–water partition coefficient (Wildman–Crippen LogP) is -0.186. The summed E-state index contributed by atoms with van der Waals surface area (Å²) in [5, 5.41) is 2.27. The van der Waals surface area contributed by atoms with Gasteiger partial charge in [0.2, 0.25) is 5.91 Å². The van der Waals surface area contributed by atoms with Crippen LogP contribution in [0.15, 0.2) is 0 Å². The number of hydrogen-bond donors (Lipinski definition) is 3. The largest absolute Gasteiger partial charge is 0.443 e. The number of amides is 4. The molecular formula is C10H20N4O4. The van der Waals surface area contributed by atoms with Gasteiger partial charge in [0.1, 0.15) is 5.60 Å². The molecule has 18 heavy (non-hydrogen) atoms. The van der Waals surface area contributed by atoms with Crippen molar-refractivity contribution in [2.75, 3.05) is 20.6 Å². The van der Waals surface area contributed by atoms with Gasteiger partial charge in [0.15, 0.2) is 0 Å². The Bertz CT molecular complexity index is 322. The molecule has 0 saturated carbocycles. The minimum absolute atomic E-state index is 0.158. The number of likely N-dealkylation sites (N-methyl/N-ethyl adjacent to an activating group) is 1. The van der Waals surface area contributed by atoms with E-state index in [4.69, 9.17) is 4.74 Å². The standard InChI is InChI=1S/C10H20N4O4/c1-10(2,3)18-9(17)13-12-8(16)11-6-7(15)14(4)5/h6H2,1-5H3,(H,13,17)(H2,11,12,16). The van der Waals surface area contributed by atoms with Crippen LogP contribution in [0.5, 0.6) is 0 Å². The third-order valence-corrected chi connectivity index (χ3v) is 1.58. The third-order valence-electron chi connectivity index (χ3n) is 1.58.